The van der Waals surface area contributed by atoms with E-state index in [1.165, 1.54) is 11.1 Å². The summed E-state index contributed by atoms with van der Waals surface area (Å²) in [7, 11) is 1.71. The molecule has 3 N–H and O–H groups in total. The summed E-state index contributed by atoms with van der Waals surface area (Å²) >= 11 is 0. The highest BCUT2D eigenvalue weighted by Gasteiger charge is 2.58. The zero-order valence-electron chi connectivity index (χ0n) is 29.4. The summed E-state index contributed by atoms with van der Waals surface area (Å²) in [6.45, 7) is 2.05. The Balaban J connectivity index is 0.00000504. The first-order chi connectivity index (χ1) is 24.4. The van der Waals surface area contributed by atoms with Gasteiger partial charge in [-0.05, 0) is 61.9 Å². The number of rotatable bonds is 13. The molecule has 0 bridgehead atoms. The lowest BCUT2D eigenvalue weighted by atomic mass is 9.71. The van der Waals surface area contributed by atoms with E-state index in [9.17, 15) is 9.59 Å². The minimum atomic E-state index is -0.832. The number of aryl methyl sites for hydroxylation is 2. The Morgan fingerprint density at radius 3 is 1.78 bits per heavy atom. The number of carbonyl (C=O) groups excluding carboxylic acids is 3. The minimum absolute atomic E-state index is 0. The first kappa shape index (κ1) is 37.7. The van der Waals surface area contributed by atoms with Crippen LogP contribution in [0.15, 0.2) is 121 Å². The highest BCUT2D eigenvalue weighted by molar-refractivity contribution is 5.94. The number of nitrogens with one attached hydrogen (secondary N) is 3. The van der Waals surface area contributed by atoms with Crippen LogP contribution < -0.4 is 16.0 Å². The molecule has 0 aromatic heterocycles. The van der Waals surface area contributed by atoms with E-state index < -0.39 is 35.8 Å². The van der Waals surface area contributed by atoms with Crippen LogP contribution in [0.1, 0.15) is 60.9 Å². The van der Waals surface area contributed by atoms with Gasteiger partial charge in [0.25, 0.3) is 0 Å². The summed E-state index contributed by atoms with van der Waals surface area (Å²) in [6, 6.07) is 37.9. The summed E-state index contributed by atoms with van der Waals surface area (Å²) in [5, 5.41) is 9.33. The van der Waals surface area contributed by atoms with Crippen LogP contribution >= 0.6 is 12.4 Å². The molecule has 3 amide bonds. The van der Waals surface area contributed by atoms with Gasteiger partial charge in [0.2, 0.25) is 17.7 Å². The summed E-state index contributed by atoms with van der Waals surface area (Å²) in [6.07, 6.45) is 3.11. The molecular formula is C42H49ClN4O4. The number of hydrogen-bond acceptors (Lipinski definition) is 5. The summed E-state index contributed by atoms with van der Waals surface area (Å²) in [5.74, 6) is -0.766. The molecule has 51 heavy (non-hydrogen) atoms. The number of carbonyl (C=O) groups is 3. The molecule has 4 aromatic carbocycles. The third-order valence-electron chi connectivity index (χ3n) is 10.5. The molecule has 0 aliphatic carbocycles. The van der Waals surface area contributed by atoms with E-state index in [4.69, 9.17) is 4.74 Å². The number of amides is 3. The Morgan fingerprint density at radius 2 is 1.29 bits per heavy atom. The topological polar surface area (TPSA) is 99.8 Å². The van der Waals surface area contributed by atoms with Crippen molar-refractivity contribution in [2.45, 2.75) is 75.8 Å². The van der Waals surface area contributed by atoms with Gasteiger partial charge >= 0.3 is 0 Å². The van der Waals surface area contributed by atoms with E-state index in [0.29, 0.717) is 32.3 Å². The van der Waals surface area contributed by atoms with Crippen molar-refractivity contribution in [1.29, 1.82) is 0 Å². The second-order valence-electron chi connectivity index (χ2n) is 13.6. The largest absolute Gasteiger partial charge is 0.358 e. The van der Waals surface area contributed by atoms with E-state index in [0.717, 1.165) is 24.0 Å². The van der Waals surface area contributed by atoms with Crippen LogP contribution in [-0.2, 0) is 32.0 Å². The van der Waals surface area contributed by atoms with Gasteiger partial charge < -0.3 is 25.6 Å². The standard InChI is InChI=1S/C42H48N4O4.ClH/c1-30(43-2)39(47)44-35-25-28-50-36-29-42(26-23-31-15-7-3-8-16-31,27-24-32-17-9-4-10-18-32)38(46(36)41(35)49)40(48)45-37(33-19-11-5-12-20-33)34-21-13-6-14-22-34;/h3-22,30,35-38,43H,23-29H2,1-2H3,(H,44,47)(H,45,48);1H/t30-,35?,36?,38?;/m0./s1. The highest BCUT2D eigenvalue weighted by Crippen LogP contribution is 2.49. The molecule has 2 aliphatic heterocycles. The molecule has 8 nitrogen and oxygen atoms in total. The molecule has 2 saturated heterocycles. The van der Waals surface area contributed by atoms with Gasteiger partial charge in [-0.15, -0.1) is 12.4 Å². The highest BCUT2D eigenvalue weighted by atomic mass is 35.5. The molecule has 0 spiro atoms. The third kappa shape index (κ3) is 8.87. The van der Waals surface area contributed by atoms with Crippen molar-refractivity contribution in [3.63, 3.8) is 0 Å². The van der Waals surface area contributed by atoms with E-state index in [-0.39, 0.29) is 30.1 Å². The van der Waals surface area contributed by atoms with Crippen LogP contribution in [0, 0.1) is 5.41 Å². The zero-order chi connectivity index (χ0) is 34.9. The maximum Gasteiger partial charge on any atom is 0.247 e. The molecular weight excluding hydrogens is 660 g/mol. The number of halogens is 1. The van der Waals surface area contributed by atoms with Crippen molar-refractivity contribution in [3.05, 3.63) is 144 Å². The van der Waals surface area contributed by atoms with Gasteiger partial charge in [0, 0.05) is 18.3 Å². The van der Waals surface area contributed by atoms with Crippen molar-refractivity contribution in [1.82, 2.24) is 20.9 Å². The average molecular weight is 709 g/mol. The Morgan fingerprint density at radius 1 is 0.804 bits per heavy atom. The Bertz CT molecular complexity index is 1630. The van der Waals surface area contributed by atoms with Crippen LogP contribution in [0.3, 0.4) is 0 Å². The quantitative estimate of drug-likeness (QED) is 0.158. The fourth-order valence-corrected chi connectivity index (χ4v) is 7.57. The van der Waals surface area contributed by atoms with Crippen LogP contribution in [0.25, 0.3) is 0 Å². The fraction of sp³-hybridized carbons (Fsp3) is 0.357. The van der Waals surface area contributed by atoms with Gasteiger partial charge in [0.1, 0.15) is 18.3 Å². The molecule has 2 heterocycles. The van der Waals surface area contributed by atoms with Crippen LogP contribution in [0.4, 0.5) is 0 Å². The van der Waals surface area contributed by atoms with Crippen molar-refractivity contribution in [2.24, 2.45) is 5.41 Å². The number of ether oxygens (including phenoxy) is 1. The first-order valence-corrected chi connectivity index (χ1v) is 17.8. The monoisotopic (exact) mass is 708 g/mol. The molecule has 6 rings (SSSR count). The minimum Gasteiger partial charge on any atom is -0.358 e. The number of fused-ring (bicyclic) bond motifs is 1. The average Bonchev–Trinajstić information content (AvgIpc) is 3.42. The lowest BCUT2D eigenvalue weighted by Gasteiger charge is -2.39. The van der Waals surface area contributed by atoms with Crippen LogP contribution in [-0.4, -0.2) is 60.6 Å². The van der Waals surface area contributed by atoms with Gasteiger partial charge in [-0.2, -0.15) is 0 Å². The molecule has 2 aliphatic rings. The second kappa shape index (κ2) is 17.6. The number of hydrogen-bond donors (Lipinski definition) is 3. The smallest absolute Gasteiger partial charge is 0.247 e. The van der Waals surface area contributed by atoms with E-state index >= 15 is 4.79 Å². The Labute approximate surface area is 307 Å². The van der Waals surface area contributed by atoms with Gasteiger partial charge in [-0.3, -0.25) is 14.4 Å². The molecule has 0 radical (unpaired) electrons. The summed E-state index contributed by atoms with van der Waals surface area (Å²) in [4.78, 5) is 44.6. The summed E-state index contributed by atoms with van der Waals surface area (Å²) in [5.41, 5.74) is 3.64. The predicted molar refractivity (Wildman–Crippen MR) is 202 cm³/mol. The second-order valence-corrected chi connectivity index (χ2v) is 13.6. The van der Waals surface area contributed by atoms with Gasteiger partial charge in [0.15, 0.2) is 0 Å². The van der Waals surface area contributed by atoms with Crippen molar-refractivity contribution in [3.8, 4) is 0 Å². The predicted octanol–water partition coefficient (Wildman–Crippen LogP) is 6.01. The van der Waals surface area contributed by atoms with Crippen LogP contribution in [0.5, 0.6) is 0 Å². The lowest BCUT2D eigenvalue weighted by molar-refractivity contribution is -0.150. The normalized spacial score (nSPS) is 20.1. The van der Waals surface area contributed by atoms with Gasteiger partial charge in [-0.25, -0.2) is 0 Å². The Kier molecular flexibility index (Phi) is 13.0. The lowest BCUT2D eigenvalue weighted by Crippen LogP contribution is -2.59. The molecule has 4 aromatic rings. The first-order valence-electron chi connectivity index (χ1n) is 17.8. The fourth-order valence-electron chi connectivity index (χ4n) is 7.57. The molecule has 4 atom stereocenters. The molecule has 3 unspecified atom stereocenters. The maximum atomic E-state index is 15.2. The Hall–Kier alpha value is -4.50. The van der Waals surface area contributed by atoms with Crippen molar-refractivity contribution >= 4 is 30.1 Å². The number of nitrogens with zero attached hydrogens (tertiary/aromatic N) is 1. The van der Waals surface area contributed by atoms with Gasteiger partial charge in [-0.1, -0.05) is 121 Å². The third-order valence-corrected chi connectivity index (χ3v) is 10.5. The molecule has 2 fully saturated rings. The van der Waals surface area contributed by atoms with E-state index in [1.54, 1.807) is 18.9 Å². The van der Waals surface area contributed by atoms with Gasteiger partial charge in [0.05, 0.1) is 18.7 Å². The SMILES string of the molecule is CN[C@@H](C)C(=O)NC1CCOC2CC(CCc3ccccc3)(CCc3ccccc3)C(C(=O)NC(c3ccccc3)c3ccccc3)N2C1=O.Cl. The van der Waals surface area contributed by atoms with E-state index in [1.807, 2.05) is 97.1 Å². The number of benzene rings is 4. The van der Waals surface area contributed by atoms with E-state index in [2.05, 4.69) is 40.2 Å². The maximum absolute atomic E-state index is 15.2. The molecule has 9 heteroatoms. The molecule has 268 valence electrons. The molecule has 0 saturated carbocycles. The van der Waals surface area contributed by atoms with Crippen molar-refractivity contribution in [2.75, 3.05) is 13.7 Å². The number of likely N-dealkylation sites (N-methyl/N-ethyl adjacent to an activating group) is 1. The summed E-state index contributed by atoms with van der Waals surface area (Å²) < 4.78 is 6.47. The van der Waals surface area contributed by atoms with Crippen LogP contribution in [0.2, 0.25) is 0 Å². The zero-order valence-corrected chi connectivity index (χ0v) is 30.2. The van der Waals surface area contributed by atoms with Crippen molar-refractivity contribution < 1.29 is 19.1 Å².